The molecule has 0 saturated heterocycles. The topological polar surface area (TPSA) is 106 Å². The van der Waals surface area contributed by atoms with Crippen molar-refractivity contribution < 1.29 is 14.3 Å². The molecule has 0 aliphatic carbocycles. The molecule has 0 radical (unpaired) electrons. The maximum atomic E-state index is 11.9. The van der Waals surface area contributed by atoms with Crippen LogP contribution in [-0.4, -0.2) is 41.6 Å². The van der Waals surface area contributed by atoms with Crippen molar-refractivity contribution in [3.63, 3.8) is 0 Å². The van der Waals surface area contributed by atoms with E-state index in [2.05, 4.69) is 27.8 Å². The lowest BCUT2D eigenvalue weighted by molar-refractivity contribution is -0.156. The lowest BCUT2D eigenvalue weighted by Gasteiger charge is -2.22. The molecule has 27 heavy (non-hydrogen) atoms. The SMILES string of the molecule is CC(C)(C)OC(=O)C(N)CNC(=O)CCCCc1ccc2c(n1)NCCC2. The third-order valence-corrected chi connectivity index (χ3v) is 4.27. The van der Waals surface area contributed by atoms with Crippen molar-refractivity contribution in [2.24, 2.45) is 5.73 Å². The summed E-state index contributed by atoms with van der Waals surface area (Å²) in [6.45, 7) is 6.41. The number of aryl methyl sites for hydroxylation is 2. The molecule has 0 bridgehead atoms. The van der Waals surface area contributed by atoms with E-state index in [4.69, 9.17) is 10.5 Å². The van der Waals surface area contributed by atoms with Gasteiger partial charge in [0.2, 0.25) is 5.91 Å². The quantitative estimate of drug-likeness (QED) is 0.473. The second kappa shape index (κ2) is 9.69. The average Bonchev–Trinajstić information content (AvgIpc) is 2.61. The van der Waals surface area contributed by atoms with E-state index in [1.54, 1.807) is 20.8 Å². The minimum absolute atomic E-state index is 0.0891. The Morgan fingerprint density at radius 2 is 2.11 bits per heavy atom. The van der Waals surface area contributed by atoms with E-state index in [0.717, 1.165) is 50.2 Å². The number of nitrogens with zero attached hydrogens (tertiary/aromatic N) is 1. The lowest BCUT2D eigenvalue weighted by atomic mass is 10.1. The van der Waals surface area contributed by atoms with Crippen molar-refractivity contribution >= 4 is 17.7 Å². The van der Waals surface area contributed by atoms with Gasteiger partial charge in [-0.05, 0) is 64.5 Å². The number of rotatable bonds is 8. The van der Waals surface area contributed by atoms with Gasteiger partial charge >= 0.3 is 5.97 Å². The zero-order valence-corrected chi connectivity index (χ0v) is 16.6. The summed E-state index contributed by atoms with van der Waals surface area (Å²) in [5.74, 6) is 0.400. The number of unbranched alkanes of at least 4 members (excludes halogenated alkanes) is 1. The van der Waals surface area contributed by atoms with Gasteiger partial charge in [-0.15, -0.1) is 0 Å². The Morgan fingerprint density at radius 1 is 1.33 bits per heavy atom. The van der Waals surface area contributed by atoms with E-state index in [1.165, 1.54) is 5.56 Å². The number of aromatic nitrogens is 1. The van der Waals surface area contributed by atoms with Crippen molar-refractivity contribution in [3.8, 4) is 0 Å². The molecule has 1 aliphatic rings. The van der Waals surface area contributed by atoms with Crippen LogP contribution < -0.4 is 16.4 Å². The smallest absolute Gasteiger partial charge is 0.325 e. The molecule has 0 spiro atoms. The van der Waals surface area contributed by atoms with Crippen LogP contribution in [0.25, 0.3) is 0 Å². The van der Waals surface area contributed by atoms with Gasteiger partial charge in [0.15, 0.2) is 0 Å². The number of hydrogen-bond donors (Lipinski definition) is 3. The van der Waals surface area contributed by atoms with Gasteiger partial charge in [-0.25, -0.2) is 4.98 Å². The Balaban J connectivity index is 1.63. The van der Waals surface area contributed by atoms with E-state index in [-0.39, 0.29) is 12.5 Å². The van der Waals surface area contributed by atoms with E-state index >= 15 is 0 Å². The van der Waals surface area contributed by atoms with Gasteiger partial charge in [-0.3, -0.25) is 9.59 Å². The molecule has 7 nitrogen and oxygen atoms in total. The summed E-state index contributed by atoms with van der Waals surface area (Å²) in [6, 6.07) is 3.38. The number of ether oxygens (including phenoxy) is 1. The van der Waals surface area contributed by atoms with Crippen LogP contribution in [-0.2, 0) is 27.2 Å². The standard InChI is InChI=1S/C20H32N4O3/c1-20(2,3)27-19(26)16(21)13-23-17(25)9-5-4-8-15-11-10-14-7-6-12-22-18(14)24-15/h10-11,16H,4-9,12-13,21H2,1-3H3,(H,22,24)(H,23,25). The molecular formula is C20H32N4O3. The van der Waals surface area contributed by atoms with Gasteiger partial charge in [0.1, 0.15) is 17.5 Å². The Kier molecular flexibility index (Phi) is 7.59. The maximum Gasteiger partial charge on any atom is 0.325 e. The van der Waals surface area contributed by atoms with Gasteiger partial charge in [0, 0.05) is 25.2 Å². The van der Waals surface area contributed by atoms with Crippen LogP contribution in [0.3, 0.4) is 0 Å². The van der Waals surface area contributed by atoms with Gasteiger partial charge in [-0.2, -0.15) is 0 Å². The number of fused-ring (bicyclic) bond motifs is 1. The number of nitrogens with two attached hydrogens (primary N) is 1. The lowest BCUT2D eigenvalue weighted by Crippen LogP contribution is -2.45. The fraction of sp³-hybridized carbons (Fsp3) is 0.650. The fourth-order valence-corrected chi connectivity index (χ4v) is 2.87. The molecule has 1 aromatic rings. The Labute approximate surface area is 161 Å². The molecule has 1 atom stereocenters. The minimum Gasteiger partial charge on any atom is -0.459 e. The first-order chi connectivity index (χ1) is 12.7. The monoisotopic (exact) mass is 376 g/mol. The Hall–Kier alpha value is -2.15. The van der Waals surface area contributed by atoms with Crippen LogP contribution in [0.5, 0.6) is 0 Å². The zero-order chi connectivity index (χ0) is 19.9. The number of pyridine rings is 1. The van der Waals surface area contributed by atoms with Crippen LogP contribution in [0.4, 0.5) is 5.82 Å². The van der Waals surface area contributed by atoms with E-state index in [0.29, 0.717) is 6.42 Å². The largest absolute Gasteiger partial charge is 0.459 e. The number of nitrogens with one attached hydrogen (secondary N) is 2. The summed E-state index contributed by atoms with van der Waals surface area (Å²) in [7, 11) is 0. The second-order valence-corrected chi connectivity index (χ2v) is 7.99. The molecule has 4 N–H and O–H groups in total. The molecule has 1 aromatic heterocycles. The first-order valence-electron chi connectivity index (χ1n) is 9.72. The zero-order valence-electron chi connectivity index (χ0n) is 16.6. The summed E-state index contributed by atoms with van der Waals surface area (Å²) in [5.41, 5.74) is 7.51. The average molecular weight is 377 g/mol. The molecule has 0 fully saturated rings. The molecule has 1 aliphatic heterocycles. The van der Waals surface area contributed by atoms with Crippen LogP contribution in [0.15, 0.2) is 12.1 Å². The molecule has 150 valence electrons. The number of amides is 1. The van der Waals surface area contributed by atoms with Gasteiger partial charge in [0.05, 0.1) is 0 Å². The van der Waals surface area contributed by atoms with Crippen LogP contribution in [0, 0.1) is 0 Å². The summed E-state index contributed by atoms with van der Waals surface area (Å²) in [5, 5.41) is 6.04. The highest BCUT2D eigenvalue weighted by Crippen LogP contribution is 2.20. The van der Waals surface area contributed by atoms with Crippen LogP contribution in [0.2, 0.25) is 0 Å². The van der Waals surface area contributed by atoms with Gasteiger partial charge < -0.3 is 21.1 Å². The van der Waals surface area contributed by atoms with Crippen LogP contribution >= 0.6 is 0 Å². The summed E-state index contributed by atoms with van der Waals surface area (Å²) in [4.78, 5) is 28.4. The maximum absolute atomic E-state index is 11.9. The predicted octanol–water partition coefficient (Wildman–Crippen LogP) is 1.94. The van der Waals surface area contributed by atoms with E-state index in [1.807, 2.05) is 0 Å². The van der Waals surface area contributed by atoms with Crippen molar-refractivity contribution in [3.05, 3.63) is 23.4 Å². The minimum atomic E-state index is -0.847. The first-order valence-corrected chi connectivity index (χ1v) is 9.72. The highest BCUT2D eigenvalue weighted by atomic mass is 16.6. The van der Waals surface area contributed by atoms with Gasteiger partial charge in [-0.1, -0.05) is 6.07 Å². The number of hydrogen-bond acceptors (Lipinski definition) is 6. The highest BCUT2D eigenvalue weighted by molar-refractivity contribution is 5.79. The second-order valence-electron chi connectivity index (χ2n) is 7.99. The normalized spacial score (nSPS) is 14.7. The summed E-state index contributed by atoms with van der Waals surface area (Å²) in [6.07, 6.45) is 5.14. The van der Waals surface area contributed by atoms with Crippen molar-refractivity contribution in [2.45, 2.75) is 70.9 Å². The third-order valence-electron chi connectivity index (χ3n) is 4.27. The number of carbonyl (C=O) groups is 2. The molecule has 1 unspecified atom stereocenters. The molecule has 2 rings (SSSR count). The number of anilines is 1. The molecular weight excluding hydrogens is 344 g/mol. The van der Waals surface area contributed by atoms with Gasteiger partial charge in [0.25, 0.3) is 0 Å². The number of carbonyl (C=O) groups excluding carboxylic acids is 2. The first kappa shape index (κ1) is 21.2. The highest BCUT2D eigenvalue weighted by Gasteiger charge is 2.22. The molecule has 1 amide bonds. The predicted molar refractivity (Wildman–Crippen MR) is 105 cm³/mol. The molecule has 0 aromatic carbocycles. The molecule has 7 heteroatoms. The number of esters is 1. The summed E-state index contributed by atoms with van der Waals surface area (Å²) >= 11 is 0. The molecule has 0 saturated carbocycles. The Bertz CT molecular complexity index is 655. The van der Waals surface area contributed by atoms with Crippen molar-refractivity contribution in [2.75, 3.05) is 18.4 Å². The fourth-order valence-electron chi connectivity index (χ4n) is 2.87. The Morgan fingerprint density at radius 3 is 2.85 bits per heavy atom. The van der Waals surface area contributed by atoms with E-state index < -0.39 is 17.6 Å². The molecule has 2 heterocycles. The summed E-state index contributed by atoms with van der Waals surface area (Å²) < 4.78 is 5.19. The third kappa shape index (κ3) is 7.54. The van der Waals surface area contributed by atoms with Crippen molar-refractivity contribution in [1.29, 1.82) is 0 Å². The van der Waals surface area contributed by atoms with Crippen molar-refractivity contribution in [1.82, 2.24) is 10.3 Å². The van der Waals surface area contributed by atoms with E-state index in [9.17, 15) is 9.59 Å². The van der Waals surface area contributed by atoms with Crippen LogP contribution in [0.1, 0.15) is 57.7 Å².